The van der Waals surface area contributed by atoms with E-state index in [1.807, 2.05) is 51.1 Å². The van der Waals surface area contributed by atoms with Crippen LogP contribution in [0.3, 0.4) is 0 Å². The first-order valence-electron chi connectivity index (χ1n) is 12.4. The van der Waals surface area contributed by atoms with Crippen LogP contribution in [0.2, 0.25) is 0 Å². The van der Waals surface area contributed by atoms with Crippen molar-refractivity contribution < 1.29 is 18.0 Å². The molecule has 1 aromatic carbocycles. The van der Waals surface area contributed by atoms with Crippen molar-refractivity contribution in [1.82, 2.24) is 20.4 Å². The predicted molar refractivity (Wildman–Crippen MR) is 142 cm³/mol. The zero-order chi connectivity index (χ0) is 25.7. The van der Waals surface area contributed by atoms with Crippen molar-refractivity contribution in [3.05, 3.63) is 35.9 Å². The Labute approximate surface area is 213 Å². The minimum Gasteiger partial charge on any atom is -0.316 e. The lowest BCUT2D eigenvalue weighted by Gasteiger charge is -2.35. The molecule has 3 N–H and O–H groups in total. The van der Waals surface area contributed by atoms with Crippen molar-refractivity contribution in [3.8, 4) is 0 Å². The van der Waals surface area contributed by atoms with Crippen molar-refractivity contribution in [2.75, 3.05) is 25.4 Å². The van der Waals surface area contributed by atoms with Gasteiger partial charge in [-0.15, -0.1) is 5.10 Å². The molecule has 1 aromatic rings. The maximum absolute atomic E-state index is 13.3. The quantitative estimate of drug-likeness (QED) is 0.303. The molecule has 0 aromatic heterocycles. The number of hydrazone groups is 1. The molecule has 9 nitrogen and oxygen atoms in total. The van der Waals surface area contributed by atoms with E-state index in [0.29, 0.717) is 31.1 Å². The predicted octanol–water partition coefficient (Wildman–Crippen LogP) is 3.10. The van der Waals surface area contributed by atoms with Gasteiger partial charge in [0.05, 0.1) is 5.75 Å². The van der Waals surface area contributed by atoms with E-state index in [1.54, 1.807) is 0 Å². The van der Waals surface area contributed by atoms with E-state index in [-0.39, 0.29) is 30.5 Å². The Morgan fingerprint density at radius 1 is 1.03 bits per heavy atom. The van der Waals surface area contributed by atoms with Gasteiger partial charge in [0.1, 0.15) is 4.87 Å². The summed E-state index contributed by atoms with van der Waals surface area (Å²) in [5.41, 5.74) is 0.822. The monoisotopic (exact) mass is 525 g/mol. The number of unbranched alkanes of at least 4 members (excludes halogenated alkanes) is 2. The Kier molecular flexibility index (Phi) is 12.2. The molecule has 196 valence electrons. The molecule has 1 atom stereocenters. The van der Waals surface area contributed by atoms with Crippen LogP contribution >= 0.6 is 11.8 Å². The van der Waals surface area contributed by atoms with Crippen LogP contribution in [0.25, 0.3) is 0 Å². The van der Waals surface area contributed by atoms with Gasteiger partial charge in [0.25, 0.3) is 0 Å². The van der Waals surface area contributed by atoms with Crippen LogP contribution in [0.4, 0.5) is 0 Å². The number of hydrogen-bond donors (Lipinski definition) is 3. The first kappa shape index (κ1) is 29.3. The lowest BCUT2D eigenvalue weighted by Crippen LogP contribution is -2.44. The third kappa shape index (κ3) is 8.89. The Bertz CT molecular complexity index is 956. The van der Waals surface area contributed by atoms with Gasteiger partial charge < -0.3 is 10.6 Å². The minimum absolute atomic E-state index is 0.0271. The highest BCUT2D eigenvalue weighted by molar-refractivity contribution is 8.14. The molecule has 1 unspecified atom stereocenters. The zero-order valence-corrected chi connectivity index (χ0v) is 22.6. The highest BCUT2D eigenvalue weighted by Gasteiger charge is 2.48. The fourth-order valence-electron chi connectivity index (χ4n) is 3.67. The standard InChI is InChI=1S/C24H39N5O4S2/c1-4-7-14-21(30)27-23-28-29(22(31)15-8-5-2)24(34-23,20-12-10-9-11-13-20)16-17-26-35(32,33)19-18-25-6-3/h9-13,25-26H,4-8,14-19H2,1-3H3,(H,27,28,30). The number of amidine groups is 1. The van der Waals surface area contributed by atoms with Gasteiger partial charge in [0.2, 0.25) is 21.8 Å². The number of nitrogens with zero attached hydrogens (tertiary/aromatic N) is 2. The number of carbonyl (C=O) groups is 2. The summed E-state index contributed by atoms with van der Waals surface area (Å²) >= 11 is 1.29. The molecule has 1 aliphatic heterocycles. The molecule has 0 saturated heterocycles. The lowest BCUT2D eigenvalue weighted by molar-refractivity contribution is -0.135. The van der Waals surface area contributed by atoms with Gasteiger partial charge in [0.15, 0.2) is 5.17 Å². The SMILES string of the molecule is CCCCC(=O)NC1=NN(C(=O)CCCC)C(CCNS(=O)(=O)CCNCC)(c2ccccc2)S1. The van der Waals surface area contributed by atoms with Crippen molar-refractivity contribution in [2.45, 2.75) is 70.6 Å². The molecule has 2 rings (SSSR count). The number of thioether (sulfide) groups is 1. The molecule has 11 heteroatoms. The van der Waals surface area contributed by atoms with Crippen LogP contribution < -0.4 is 15.4 Å². The maximum Gasteiger partial charge on any atom is 0.244 e. The van der Waals surface area contributed by atoms with E-state index >= 15 is 0 Å². The summed E-state index contributed by atoms with van der Waals surface area (Å²) in [7, 11) is -3.48. The van der Waals surface area contributed by atoms with Crippen LogP contribution in [-0.4, -0.2) is 55.8 Å². The Morgan fingerprint density at radius 3 is 2.37 bits per heavy atom. The molecule has 1 aliphatic rings. The van der Waals surface area contributed by atoms with Gasteiger partial charge in [-0.3, -0.25) is 9.59 Å². The topological polar surface area (TPSA) is 120 Å². The zero-order valence-electron chi connectivity index (χ0n) is 21.0. The fraction of sp³-hybridized carbons (Fsp3) is 0.625. The van der Waals surface area contributed by atoms with Crippen molar-refractivity contribution in [3.63, 3.8) is 0 Å². The summed E-state index contributed by atoms with van der Waals surface area (Å²) < 4.78 is 27.6. The number of benzene rings is 1. The lowest BCUT2D eigenvalue weighted by atomic mass is 10.0. The first-order valence-corrected chi connectivity index (χ1v) is 14.9. The second kappa shape index (κ2) is 14.6. The second-order valence-electron chi connectivity index (χ2n) is 8.44. The minimum atomic E-state index is -3.48. The van der Waals surface area contributed by atoms with E-state index in [9.17, 15) is 18.0 Å². The highest BCUT2D eigenvalue weighted by atomic mass is 32.2. The van der Waals surface area contributed by atoms with Gasteiger partial charge in [0, 0.05) is 32.4 Å². The van der Waals surface area contributed by atoms with Crippen molar-refractivity contribution in [1.29, 1.82) is 0 Å². The Balaban J connectivity index is 2.31. The molecule has 0 radical (unpaired) electrons. The smallest absolute Gasteiger partial charge is 0.244 e. The summed E-state index contributed by atoms with van der Waals surface area (Å²) in [5.74, 6) is -0.330. The molecule has 0 bridgehead atoms. The van der Waals surface area contributed by atoms with Gasteiger partial charge in [-0.05, 0) is 24.9 Å². The van der Waals surface area contributed by atoms with E-state index in [0.717, 1.165) is 31.2 Å². The summed E-state index contributed by atoms with van der Waals surface area (Å²) in [6.07, 6.45) is 4.23. The van der Waals surface area contributed by atoms with Crippen molar-refractivity contribution in [2.24, 2.45) is 5.10 Å². The second-order valence-corrected chi connectivity index (χ2v) is 11.6. The molecular weight excluding hydrogens is 486 g/mol. The molecule has 1 heterocycles. The largest absolute Gasteiger partial charge is 0.316 e. The maximum atomic E-state index is 13.3. The van der Waals surface area contributed by atoms with Crippen LogP contribution in [0.5, 0.6) is 0 Å². The molecule has 0 aliphatic carbocycles. The van der Waals surface area contributed by atoms with Gasteiger partial charge in [-0.25, -0.2) is 18.1 Å². The van der Waals surface area contributed by atoms with Gasteiger partial charge in [-0.2, -0.15) is 0 Å². The molecule has 0 saturated carbocycles. The molecular formula is C24H39N5O4S2. The van der Waals surface area contributed by atoms with Crippen LogP contribution in [0.1, 0.15) is 71.3 Å². The Morgan fingerprint density at radius 2 is 1.71 bits per heavy atom. The van der Waals surface area contributed by atoms with Crippen molar-refractivity contribution >= 4 is 38.8 Å². The summed E-state index contributed by atoms with van der Waals surface area (Å²) in [6, 6.07) is 9.46. The normalized spacial score (nSPS) is 17.9. The highest BCUT2D eigenvalue weighted by Crippen LogP contribution is 2.48. The number of sulfonamides is 1. The van der Waals surface area contributed by atoms with Crippen LogP contribution in [-0.2, 0) is 24.5 Å². The van der Waals surface area contributed by atoms with E-state index in [1.165, 1.54) is 16.8 Å². The van der Waals surface area contributed by atoms with Gasteiger partial charge >= 0.3 is 0 Å². The number of amides is 2. The van der Waals surface area contributed by atoms with E-state index in [4.69, 9.17) is 0 Å². The van der Waals surface area contributed by atoms with Crippen LogP contribution in [0.15, 0.2) is 35.4 Å². The van der Waals surface area contributed by atoms with Crippen LogP contribution in [0, 0.1) is 0 Å². The summed E-state index contributed by atoms with van der Waals surface area (Å²) in [6.45, 7) is 7.14. The number of rotatable bonds is 15. The molecule has 0 spiro atoms. The number of carbonyl (C=O) groups excluding carboxylic acids is 2. The molecule has 2 amide bonds. The number of hydrogen-bond acceptors (Lipinski definition) is 7. The average molecular weight is 526 g/mol. The third-order valence-electron chi connectivity index (χ3n) is 5.59. The summed E-state index contributed by atoms with van der Waals surface area (Å²) in [5, 5.41) is 12.2. The first-order chi connectivity index (χ1) is 16.8. The van der Waals surface area contributed by atoms with E-state index in [2.05, 4.69) is 20.5 Å². The molecule has 35 heavy (non-hydrogen) atoms. The average Bonchev–Trinajstić information content (AvgIpc) is 3.20. The number of nitrogens with one attached hydrogen (secondary N) is 3. The molecule has 0 fully saturated rings. The third-order valence-corrected chi connectivity index (χ3v) is 8.30. The van der Waals surface area contributed by atoms with E-state index < -0.39 is 14.9 Å². The van der Waals surface area contributed by atoms with Gasteiger partial charge in [-0.1, -0.05) is 75.7 Å². The Hall–Kier alpha value is -1.95. The summed E-state index contributed by atoms with van der Waals surface area (Å²) in [4.78, 5) is 24.7. The fourth-order valence-corrected chi connectivity index (χ4v) is 5.93.